The lowest BCUT2D eigenvalue weighted by atomic mass is 9.68. The Bertz CT molecular complexity index is 840. The molecule has 28 heavy (non-hydrogen) atoms. The molecule has 0 aromatic carbocycles. The first-order chi connectivity index (χ1) is 13.3. The Hall–Kier alpha value is -2.28. The van der Waals surface area contributed by atoms with Crippen LogP contribution in [-0.4, -0.2) is 70.1 Å². The molecule has 7 nitrogen and oxygen atoms in total. The second-order valence-electron chi connectivity index (χ2n) is 8.22. The Morgan fingerprint density at radius 1 is 1.39 bits per heavy atom. The first-order valence-electron chi connectivity index (χ1n) is 9.62. The third-order valence-electron chi connectivity index (χ3n) is 6.45. The minimum Gasteiger partial charge on any atom is -0.480 e. The van der Waals surface area contributed by atoms with Gasteiger partial charge in [-0.2, -0.15) is 0 Å². The van der Waals surface area contributed by atoms with Gasteiger partial charge in [-0.1, -0.05) is 24.6 Å². The monoisotopic (exact) mass is 403 g/mol. The summed E-state index contributed by atoms with van der Waals surface area (Å²) in [5, 5.41) is 10.0. The number of rotatable bonds is 4. The molecule has 0 spiro atoms. The van der Waals surface area contributed by atoms with Crippen LogP contribution in [0, 0.1) is 5.41 Å². The average Bonchev–Trinajstić information content (AvgIpc) is 2.90. The molecule has 8 heteroatoms. The van der Waals surface area contributed by atoms with E-state index in [0.717, 1.165) is 31.5 Å². The van der Waals surface area contributed by atoms with Crippen molar-refractivity contribution in [3.05, 3.63) is 41.0 Å². The van der Waals surface area contributed by atoms with E-state index in [1.54, 1.807) is 12.4 Å². The number of hydrogen-bond acceptors (Lipinski definition) is 6. The lowest BCUT2D eigenvalue weighted by molar-refractivity contribution is -0.138. The zero-order valence-electron chi connectivity index (χ0n) is 16.5. The molecule has 1 N–H and O–H groups in total. The molecule has 0 saturated heterocycles. The van der Waals surface area contributed by atoms with Crippen molar-refractivity contribution in [3.8, 4) is 0 Å². The number of nitrogens with zero attached hydrogens (tertiary/aromatic N) is 5. The van der Waals surface area contributed by atoms with Crippen LogP contribution in [0.5, 0.6) is 0 Å². The molecule has 150 valence electrons. The van der Waals surface area contributed by atoms with Crippen LogP contribution in [0.25, 0.3) is 0 Å². The van der Waals surface area contributed by atoms with Crippen molar-refractivity contribution in [1.82, 2.24) is 19.8 Å². The van der Waals surface area contributed by atoms with Crippen LogP contribution in [0.3, 0.4) is 0 Å². The van der Waals surface area contributed by atoms with E-state index in [1.165, 1.54) is 5.70 Å². The molecule has 3 heterocycles. The highest BCUT2D eigenvalue weighted by atomic mass is 35.5. The summed E-state index contributed by atoms with van der Waals surface area (Å²) in [6.07, 6.45) is 10.3. The average molecular weight is 404 g/mol. The Labute approximate surface area is 170 Å². The standard InChI is InChI=1S/C20H26ClN5O2/c1-20-9-14(25(3)19-22-10-13(21)11-23-19)6-7-16(20)26(12-17(27)28)15-5-4-8-24(2)18(15)20/h4-5,10-11,14,16H,6-9,12H2,1-3H3,(H,27,28). The lowest BCUT2D eigenvalue weighted by Crippen LogP contribution is -2.51. The van der Waals surface area contributed by atoms with Crippen LogP contribution in [0.15, 0.2) is 35.9 Å². The molecule has 1 aliphatic carbocycles. The van der Waals surface area contributed by atoms with E-state index in [2.05, 4.69) is 50.8 Å². The highest BCUT2D eigenvalue weighted by Gasteiger charge is 2.54. The van der Waals surface area contributed by atoms with Gasteiger partial charge in [0.15, 0.2) is 0 Å². The number of carboxylic acids is 1. The van der Waals surface area contributed by atoms with Gasteiger partial charge in [-0.3, -0.25) is 4.79 Å². The molecule has 0 amide bonds. The van der Waals surface area contributed by atoms with Crippen LogP contribution in [0.1, 0.15) is 26.2 Å². The van der Waals surface area contributed by atoms with E-state index in [-0.39, 0.29) is 24.0 Å². The maximum absolute atomic E-state index is 11.5. The molecule has 3 unspecified atom stereocenters. The van der Waals surface area contributed by atoms with Gasteiger partial charge in [0, 0.05) is 43.8 Å². The summed E-state index contributed by atoms with van der Waals surface area (Å²) in [7, 11) is 4.13. The van der Waals surface area contributed by atoms with Crippen LogP contribution >= 0.6 is 11.6 Å². The third-order valence-corrected chi connectivity index (χ3v) is 6.65. The van der Waals surface area contributed by atoms with Gasteiger partial charge in [0.05, 0.1) is 23.1 Å². The minimum absolute atomic E-state index is 0.0398. The number of fused-ring (bicyclic) bond motifs is 2. The Morgan fingerprint density at radius 2 is 2.11 bits per heavy atom. The quantitative estimate of drug-likeness (QED) is 0.828. The summed E-state index contributed by atoms with van der Waals surface area (Å²) in [4.78, 5) is 26.8. The van der Waals surface area contributed by atoms with E-state index >= 15 is 0 Å². The molecule has 0 bridgehead atoms. The predicted molar refractivity (Wildman–Crippen MR) is 108 cm³/mol. The number of aliphatic carboxylic acids is 1. The van der Waals surface area contributed by atoms with Gasteiger partial charge in [-0.15, -0.1) is 0 Å². The predicted octanol–water partition coefficient (Wildman–Crippen LogP) is 2.61. The molecule has 1 aromatic heterocycles. The number of carboxylic acid groups (broad SMARTS) is 1. The van der Waals surface area contributed by atoms with Crippen LogP contribution < -0.4 is 4.90 Å². The molecular formula is C20H26ClN5O2. The van der Waals surface area contributed by atoms with Gasteiger partial charge in [0.2, 0.25) is 5.95 Å². The van der Waals surface area contributed by atoms with E-state index < -0.39 is 5.97 Å². The molecule has 1 aromatic rings. The Balaban J connectivity index is 1.65. The van der Waals surface area contributed by atoms with Crippen molar-refractivity contribution < 1.29 is 9.90 Å². The summed E-state index contributed by atoms with van der Waals surface area (Å²) in [6.45, 7) is 3.17. The summed E-state index contributed by atoms with van der Waals surface area (Å²) >= 11 is 5.93. The van der Waals surface area contributed by atoms with Crippen molar-refractivity contribution in [3.63, 3.8) is 0 Å². The molecule has 3 aliphatic rings. The van der Waals surface area contributed by atoms with Gasteiger partial charge in [0.25, 0.3) is 0 Å². The van der Waals surface area contributed by atoms with E-state index in [4.69, 9.17) is 11.6 Å². The fourth-order valence-electron chi connectivity index (χ4n) is 5.29. The van der Waals surface area contributed by atoms with Crippen molar-refractivity contribution >= 4 is 23.5 Å². The molecular weight excluding hydrogens is 378 g/mol. The second kappa shape index (κ2) is 6.95. The van der Waals surface area contributed by atoms with E-state index in [1.807, 2.05) is 7.05 Å². The van der Waals surface area contributed by atoms with Crippen LogP contribution in [0.2, 0.25) is 5.02 Å². The van der Waals surface area contributed by atoms with Gasteiger partial charge in [-0.05, 0) is 25.3 Å². The minimum atomic E-state index is -0.786. The van der Waals surface area contributed by atoms with Crippen molar-refractivity contribution in [2.45, 2.75) is 38.3 Å². The number of hydrogen-bond donors (Lipinski definition) is 1. The van der Waals surface area contributed by atoms with Gasteiger partial charge in [-0.25, -0.2) is 9.97 Å². The van der Waals surface area contributed by atoms with Gasteiger partial charge < -0.3 is 19.8 Å². The van der Waals surface area contributed by atoms with Crippen molar-refractivity contribution in [2.24, 2.45) is 5.41 Å². The Kier molecular flexibility index (Phi) is 4.73. The smallest absolute Gasteiger partial charge is 0.323 e. The summed E-state index contributed by atoms with van der Waals surface area (Å²) in [5.74, 6) is -0.116. The maximum atomic E-state index is 11.5. The molecule has 2 aliphatic heterocycles. The van der Waals surface area contributed by atoms with Crippen molar-refractivity contribution in [1.29, 1.82) is 0 Å². The number of carbonyl (C=O) groups is 1. The maximum Gasteiger partial charge on any atom is 0.323 e. The number of anilines is 1. The normalized spacial score (nSPS) is 29.0. The molecule has 1 saturated carbocycles. The summed E-state index contributed by atoms with van der Waals surface area (Å²) < 4.78 is 0. The molecule has 4 rings (SSSR count). The molecule has 1 fully saturated rings. The zero-order chi connectivity index (χ0) is 20.1. The first kappa shape index (κ1) is 19.1. The highest BCUT2D eigenvalue weighted by molar-refractivity contribution is 6.30. The number of halogens is 1. The molecule has 0 radical (unpaired) electrons. The first-order valence-corrected chi connectivity index (χ1v) is 10.0. The highest BCUT2D eigenvalue weighted by Crippen LogP contribution is 2.54. The van der Waals surface area contributed by atoms with Gasteiger partial charge >= 0.3 is 5.97 Å². The van der Waals surface area contributed by atoms with Gasteiger partial charge in [0.1, 0.15) is 6.54 Å². The summed E-state index contributed by atoms with van der Waals surface area (Å²) in [6, 6.07) is 0.467. The largest absolute Gasteiger partial charge is 0.480 e. The lowest BCUT2D eigenvalue weighted by Gasteiger charge is -2.47. The fourth-order valence-corrected chi connectivity index (χ4v) is 5.39. The van der Waals surface area contributed by atoms with E-state index in [9.17, 15) is 9.90 Å². The van der Waals surface area contributed by atoms with Crippen molar-refractivity contribution in [2.75, 3.05) is 32.1 Å². The Morgan fingerprint density at radius 3 is 2.79 bits per heavy atom. The van der Waals surface area contributed by atoms with Crippen LogP contribution in [0.4, 0.5) is 5.95 Å². The summed E-state index contributed by atoms with van der Waals surface area (Å²) in [5.41, 5.74) is 2.21. The zero-order valence-corrected chi connectivity index (χ0v) is 17.2. The SMILES string of the molecule is CN1CC=CC2=C1C1(C)CC(N(C)c3ncc(Cl)cn3)CCC1N2CC(=O)O. The fraction of sp³-hybridized carbons (Fsp3) is 0.550. The van der Waals surface area contributed by atoms with E-state index in [0.29, 0.717) is 11.0 Å². The number of likely N-dealkylation sites (N-methyl/N-ethyl adjacent to an activating group) is 1. The van der Waals surface area contributed by atoms with Crippen LogP contribution in [-0.2, 0) is 4.79 Å². The second-order valence-corrected chi connectivity index (χ2v) is 8.66. The third kappa shape index (κ3) is 3.02. The number of allylic oxidation sites excluding steroid dienone is 1. The number of aromatic nitrogens is 2. The molecule has 3 atom stereocenters. The topological polar surface area (TPSA) is 72.8 Å².